The number of imidazole rings is 1. The number of carbonyl (C=O) groups excluding carboxylic acids is 1. The van der Waals surface area contributed by atoms with Crippen LogP contribution in [0.5, 0.6) is 0 Å². The van der Waals surface area contributed by atoms with Gasteiger partial charge in [-0.05, 0) is 12.8 Å². The van der Waals surface area contributed by atoms with E-state index < -0.39 is 0 Å². The summed E-state index contributed by atoms with van der Waals surface area (Å²) in [5.74, 6) is 0.475. The van der Waals surface area contributed by atoms with Crippen molar-refractivity contribution in [3.05, 3.63) is 60.7 Å². The van der Waals surface area contributed by atoms with E-state index in [2.05, 4.69) is 34.6 Å². The van der Waals surface area contributed by atoms with Crippen LogP contribution in [0.2, 0.25) is 0 Å². The van der Waals surface area contributed by atoms with Crippen LogP contribution in [0.1, 0.15) is 32.1 Å². The van der Waals surface area contributed by atoms with E-state index in [9.17, 15) is 4.79 Å². The van der Waals surface area contributed by atoms with Crippen molar-refractivity contribution in [2.75, 3.05) is 5.75 Å². The van der Waals surface area contributed by atoms with E-state index in [0.29, 0.717) is 11.8 Å². The third kappa shape index (κ3) is 4.65. The fraction of sp³-hybridized carbons (Fsp3) is 0.304. The van der Waals surface area contributed by atoms with Crippen molar-refractivity contribution in [1.29, 1.82) is 0 Å². The summed E-state index contributed by atoms with van der Waals surface area (Å²) >= 11 is 1.46. The SMILES string of the molecule is O=C(CSc1nc(-c2ccccc2)c(-c2ccccc2)[nH]1)NC1CCCCC1. The summed E-state index contributed by atoms with van der Waals surface area (Å²) < 4.78 is 0. The number of benzene rings is 2. The van der Waals surface area contributed by atoms with E-state index in [0.717, 1.165) is 40.5 Å². The highest BCUT2D eigenvalue weighted by Gasteiger charge is 2.18. The smallest absolute Gasteiger partial charge is 0.230 e. The van der Waals surface area contributed by atoms with Gasteiger partial charge in [-0.3, -0.25) is 4.79 Å². The van der Waals surface area contributed by atoms with Crippen molar-refractivity contribution >= 4 is 17.7 Å². The van der Waals surface area contributed by atoms with Crippen LogP contribution >= 0.6 is 11.8 Å². The van der Waals surface area contributed by atoms with E-state index in [1.807, 2.05) is 36.4 Å². The van der Waals surface area contributed by atoms with E-state index in [-0.39, 0.29) is 5.91 Å². The number of hydrogen-bond donors (Lipinski definition) is 2. The molecule has 0 saturated heterocycles. The maximum atomic E-state index is 12.3. The molecule has 1 aliphatic rings. The molecule has 5 heteroatoms. The van der Waals surface area contributed by atoms with Crippen molar-refractivity contribution < 1.29 is 4.79 Å². The first-order valence-corrected chi connectivity index (χ1v) is 10.9. The molecule has 1 aliphatic carbocycles. The van der Waals surface area contributed by atoms with Crippen LogP contribution in [0.15, 0.2) is 65.8 Å². The molecule has 1 amide bonds. The van der Waals surface area contributed by atoms with Gasteiger partial charge in [0.1, 0.15) is 0 Å². The summed E-state index contributed by atoms with van der Waals surface area (Å²) in [4.78, 5) is 20.6. The van der Waals surface area contributed by atoms with Crippen molar-refractivity contribution in [3.8, 4) is 22.5 Å². The lowest BCUT2D eigenvalue weighted by molar-refractivity contribution is -0.119. The zero-order chi connectivity index (χ0) is 19.2. The lowest BCUT2D eigenvalue weighted by Crippen LogP contribution is -2.37. The van der Waals surface area contributed by atoms with Gasteiger partial charge in [0.05, 0.1) is 17.1 Å². The average Bonchev–Trinajstić information content (AvgIpc) is 3.19. The van der Waals surface area contributed by atoms with Crippen LogP contribution in [0.4, 0.5) is 0 Å². The van der Waals surface area contributed by atoms with E-state index in [1.165, 1.54) is 31.0 Å². The molecule has 2 N–H and O–H groups in total. The van der Waals surface area contributed by atoms with Crippen LogP contribution < -0.4 is 5.32 Å². The highest BCUT2D eigenvalue weighted by atomic mass is 32.2. The largest absolute Gasteiger partial charge is 0.353 e. The third-order valence-electron chi connectivity index (χ3n) is 5.10. The number of aromatic amines is 1. The maximum Gasteiger partial charge on any atom is 0.230 e. The first-order valence-electron chi connectivity index (χ1n) is 9.92. The minimum absolute atomic E-state index is 0.0934. The second-order valence-electron chi connectivity index (χ2n) is 7.19. The molecule has 28 heavy (non-hydrogen) atoms. The molecule has 0 aliphatic heterocycles. The summed E-state index contributed by atoms with van der Waals surface area (Å²) in [7, 11) is 0. The molecule has 3 aromatic rings. The van der Waals surface area contributed by atoms with Crippen LogP contribution in [-0.2, 0) is 4.79 Å². The Morgan fingerprint density at radius 2 is 1.61 bits per heavy atom. The molecule has 1 heterocycles. The maximum absolute atomic E-state index is 12.3. The minimum Gasteiger partial charge on any atom is -0.353 e. The van der Waals surface area contributed by atoms with E-state index in [1.54, 1.807) is 0 Å². The van der Waals surface area contributed by atoms with Crippen molar-refractivity contribution in [3.63, 3.8) is 0 Å². The molecule has 144 valence electrons. The lowest BCUT2D eigenvalue weighted by atomic mass is 9.95. The number of nitrogens with one attached hydrogen (secondary N) is 2. The van der Waals surface area contributed by atoms with Crippen molar-refractivity contribution in [2.24, 2.45) is 0 Å². The molecular weight excluding hydrogens is 366 g/mol. The number of hydrogen-bond acceptors (Lipinski definition) is 3. The van der Waals surface area contributed by atoms with Crippen molar-refractivity contribution in [2.45, 2.75) is 43.3 Å². The standard InChI is InChI=1S/C23H25N3OS/c27-20(24-19-14-8-3-9-15-19)16-28-23-25-21(17-10-4-1-5-11-17)22(26-23)18-12-6-2-7-13-18/h1-2,4-7,10-13,19H,3,8-9,14-16H2,(H,24,27)(H,25,26). The quantitative estimate of drug-likeness (QED) is 0.562. The van der Waals surface area contributed by atoms with Gasteiger partial charge < -0.3 is 10.3 Å². The van der Waals surface area contributed by atoms with Gasteiger partial charge in [-0.25, -0.2) is 4.98 Å². The minimum atomic E-state index is 0.0934. The van der Waals surface area contributed by atoms with Gasteiger partial charge in [-0.2, -0.15) is 0 Å². The molecule has 2 aromatic carbocycles. The lowest BCUT2D eigenvalue weighted by Gasteiger charge is -2.22. The Kier molecular flexibility index (Phi) is 6.12. The Balaban J connectivity index is 1.50. The highest BCUT2D eigenvalue weighted by molar-refractivity contribution is 7.99. The first-order chi connectivity index (χ1) is 13.8. The van der Waals surface area contributed by atoms with E-state index in [4.69, 9.17) is 4.98 Å². The number of carbonyl (C=O) groups is 1. The molecule has 0 bridgehead atoms. The first kappa shape index (κ1) is 18.8. The van der Waals surface area contributed by atoms with Crippen LogP contribution in [0.25, 0.3) is 22.5 Å². The Hall–Kier alpha value is -2.53. The summed E-state index contributed by atoms with van der Waals surface area (Å²) in [5.41, 5.74) is 4.06. The molecule has 4 nitrogen and oxygen atoms in total. The zero-order valence-electron chi connectivity index (χ0n) is 15.9. The molecule has 0 radical (unpaired) electrons. The van der Waals surface area contributed by atoms with Crippen LogP contribution in [0, 0.1) is 0 Å². The number of thioether (sulfide) groups is 1. The normalized spacial score (nSPS) is 14.7. The molecule has 1 saturated carbocycles. The Bertz CT molecular complexity index is 845. The fourth-order valence-corrected chi connectivity index (χ4v) is 4.37. The highest BCUT2D eigenvalue weighted by Crippen LogP contribution is 2.32. The molecule has 0 atom stereocenters. The number of aromatic nitrogens is 2. The average molecular weight is 392 g/mol. The van der Waals surface area contributed by atoms with Gasteiger partial charge >= 0.3 is 0 Å². The summed E-state index contributed by atoms with van der Waals surface area (Å²) in [6.07, 6.45) is 5.94. The summed E-state index contributed by atoms with van der Waals surface area (Å²) in [6.45, 7) is 0. The number of amides is 1. The molecular formula is C23H25N3OS. The third-order valence-corrected chi connectivity index (χ3v) is 5.98. The molecule has 4 rings (SSSR count). The second-order valence-corrected chi connectivity index (χ2v) is 8.15. The Morgan fingerprint density at radius 1 is 0.964 bits per heavy atom. The fourth-order valence-electron chi connectivity index (χ4n) is 3.69. The monoisotopic (exact) mass is 391 g/mol. The molecule has 1 fully saturated rings. The molecule has 1 aromatic heterocycles. The van der Waals surface area contributed by atoms with Gasteiger partial charge in [0.2, 0.25) is 5.91 Å². The van der Waals surface area contributed by atoms with Crippen molar-refractivity contribution in [1.82, 2.24) is 15.3 Å². The molecule has 0 unspecified atom stereocenters. The number of H-pyrrole nitrogens is 1. The topological polar surface area (TPSA) is 57.8 Å². The predicted octanol–water partition coefficient (Wildman–Crippen LogP) is 5.28. The van der Waals surface area contributed by atoms with Gasteiger partial charge in [0, 0.05) is 17.2 Å². The van der Waals surface area contributed by atoms with Gasteiger partial charge in [0.15, 0.2) is 5.16 Å². The number of nitrogens with zero attached hydrogens (tertiary/aromatic N) is 1. The second kappa shape index (κ2) is 9.11. The van der Waals surface area contributed by atoms with Gasteiger partial charge in [-0.1, -0.05) is 91.7 Å². The Morgan fingerprint density at radius 3 is 2.29 bits per heavy atom. The van der Waals surface area contributed by atoms with Gasteiger partial charge in [0.25, 0.3) is 0 Å². The summed E-state index contributed by atoms with van der Waals surface area (Å²) in [6, 6.07) is 20.7. The predicted molar refractivity (Wildman–Crippen MR) is 115 cm³/mol. The Labute approximate surface area is 170 Å². The molecule has 0 spiro atoms. The zero-order valence-corrected chi connectivity index (χ0v) is 16.7. The summed E-state index contributed by atoms with van der Waals surface area (Å²) in [5, 5.41) is 3.95. The van der Waals surface area contributed by atoms with Gasteiger partial charge in [-0.15, -0.1) is 0 Å². The van der Waals surface area contributed by atoms with E-state index >= 15 is 0 Å². The van der Waals surface area contributed by atoms with Crippen LogP contribution in [0.3, 0.4) is 0 Å². The van der Waals surface area contributed by atoms with Crippen LogP contribution in [-0.4, -0.2) is 27.7 Å². The number of rotatable bonds is 6.